The summed E-state index contributed by atoms with van der Waals surface area (Å²) in [6, 6.07) is 9.52. The number of oxazole rings is 1. The Bertz CT molecular complexity index is 671. The molecule has 0 saturated carbocycles. The summed E-state index contributed by atoms with van der Waals surface area (Å²) >= 11 is 0. The SMILES string of the molecule is CCOc1ccccc1/C=N/Nc1oc(CC)nc1C#N. The van der Waals surface area contributed by atoms with Crippen LogP contribution in [-0.2, 0) is 6.42 Å². The summed E-state index contributed by atoms with van der Waals surface area (Å²) in [7, 11) is 0. The fourth-order valence-electron chi connectivity index (χ4n) is 1.70. The van der Waals surface area contributed by atoms with Crippen LogP contribution in [0, 0.1) is 11.3 Å². The molecular weight excluding hydrogens is 268 g/mol. The molecule has 0 amide bonds. The van der Waals surface area contributed by atoms with Crippen LogP contribution >= 0.6 is 0 Å². The largest absolute Gasteiger partial charge is 0.493 e. The van der Waals surface area contributed by atoms with Crippen LogP contribution in [0.2, 0.25) is 0 Å². The van der Waals surface area contributed by atoms with Crippen molar-refractivity contribution in [2.24, 2.45) is 5.10 Å². The predicted molar refractivity (Wildman–Crippen MR) is 79.4 cm³/mol. The lowest BCUT2D eigenvalue weighted by atomic mass is 10.2. The Hall–Kier alpha value is -2.81. The Kier molecular flexibility index (Phi) is 4.94. The van der Waals surface area contributed by atoms with Gasteiger partial charge >= 0.3 is 0 Å². The molecule has 6 heteroatoms. The van der Waals surface area contributed by atoms with Crippen molar-refractivity contribution < 1.29 is 9.15 Å². The summed E-state index contributed by atoms with van der Waals surface area (Å²) in [5.41, 5.74) is 3.73. The predicted octanol–water partition coefficient (Wildman–Crippen LogP) is 2.95. The molecule has 1 aromatic carbocycles. The Labute approximate surface area is 123 Å². The Morgan fingerprint density at radius 2 is 2.24 bits per heavy atom. The van der Waals surface area contributed by atoms with Crippen molar-refractivity contribution >= 4 is 12.1 Å². The number of benzene rings is 1. The number of ether oxygens (including phenoxy) is 1. The molecule has 0 bridgehead atoms. The molecule has 1 heterocycles. The van der Waals surface area contributed by atoms with E-state index >= 15 is 0 Å². The zero-order valence-electron chi connectivity index (χ0n) is 12.0. The molecule has 1 aromatic heterocycles. The van der Waals surface area contributed by atoms with Gasteiger partial charge in [-0.1, -0.05) is 19.1 Å². The third-order valence-corrected chi connectivity index (χ3v) is 2.67. The van der Waals surface area contributed by atoms with Crippen molar-refractivity contribution in [1.29, 1.82) is 5.26 Å². The van der Waals surface area contributed by atoms with Crippen LogP contribution in [0.5, 0.6) is 5.75 Å². The van der Waals surface area contributed by atoms with Crippen molar-refractivity contribution in [3.05, 3.63) is 41.4 Å². The molecule has 108 valence electrons. The van der Waals surface area contributed by atoms with Gasteiger partial charge in [0.1, 0.15) is 11.8 Å². The topological polar surface area (TPSA) is 83.4 Å². The van der Waals surface area contributed by atoms with Gasteiger partial charge in [0.15, 0.2) is 5.89 Å². The number of aromatic nitrogens is 1. The molecule has 0 atom stereocenters. The first-order valence-electron chi connectivity index (χ1n) is 6.69. The molecule has 2 rings (SSSR count). The van der Waals surface area contributed by atoms with Crippen molar-refractivity contribution in [2.45, 2.75) is 20.3 Å². The van der Waals surface area contributed by atoms with E-state index in [4.69, 9.17) is 14.4 Å². The third-order valence-electron chi connectivity index (χ3n) is 2.67. The van der Waals surface area contributed by atoms with E-state index in [2.05, 4.69) is 15.5 Å². The molecule has 0 spiro atoms. The number of hydrazone groups is 1. The lowest BCUT2D eigenvalue weighted by molar-refractivity contribution is 0.340. The lowest BCUT2D eigenvalue weighted by Gasteiger charge is -2.05. The summed E-state index contributed by atoms with van der Waals surface area (Å²) < 4.78 is 10.9. The molecular formula is C15H16N4O2. The molecule has 0 saturated heterocycles. The van der Waals surface area contributed by atoms with Crippen molar-refractivity contribution in [3.63, 3.8) is 0 Å². The maximum Gasteiger partial charge on any atom is 0.252 e. The summed E-state index contributed by atoms with van der Waals surface area (Å²) in [6.07, 6.45) is 2.23. The maximum absolute atomic E-state index is 8.97. The maximum atomic E-state index is 8.97. The van der Waals surface area contributed by atoms with Gasteiger partial charge < -0.3 is 9.15 Å². The number of rotatable bonds is 6. The zero-order valence-corrected chi connectivity index (χ0v) is 12.0. The van der Waals surface area contributed by atoms with Gasteiger partial charge in [0.2, 0.25) is 5.69 Å². The molecule has 21 heavy (non-hydrogen) atoms. The summed E-state index contributed by atoms with van der Waals surface area (Å²) in [4.78, 5) is 4.03. The molecule has 0 fully saturated rings. The van der Waals surface area contributed by atoms with Crippen molar-refractivity contribution in [1.82, 2.24) is 4.98 Å². The van der Waals surface area contributed by atoms with Gasteiger partial charge in [-0.25, -0.2) is 10.4 Å². The second-order valence-corrected chi connectivity index (χ2v) is 4.09. The van der Waals surface area contributed by atoms with E-state index < -0.39 is 0 Å². The van der Waals surface area contributed by atoms with Gasteiger partial charge in [-0.05, 0) is 19.1 Å². The molecule has 0 aliphatic carbocycles. The molecule has 0 aliphatic heterocycles. The van der Waals surface area contributed by atoms with Gasteiger partial charge in [-0.15, -0.1) is 0 Å². The minimum Gasteiger partial charge on any atom is -0.493 e. The van der Waals surface area contributed by atoms with E-state index in [0.717, 1.165) is 11.3 Å². The van der Waals surface area contributed by atoms with Gasteiger partial charge in [0.05, 0.1) is 12.8 Å². The van der Waals surface area contributed by atoms with E-state index in [9.17, 15) is 0 Å². The van der Waals surface area contributed by atoms with Gasteiger partial charge in [-0.2, -0.15) is 10.4 Å². The molecule has 0 radical (unpaired) electrons. The van der Waals surface area contributed by atoms with Crippen LogP contribution in [0.4, 0.5) is 5.88 Å². The molecule has 0 unspecified atom stereocenters. The van der Waals surface area contributed by atoms with Crippen molar-refractivity contribution in [2.75, 3.05) is 12.0 Å². The number of para-hydroxylation sites is 1. The molecule has 2 aromatic rings. The Morgan fingerprint density at radius 1 is 1.43 bits per heavy atom. The molecule has 0 aliphatic rings. The van der Waals surface area contributed by atoms with Crippen LogP contribution in [0.1, 0.15) is 31.0 Å². The van der Waals surface area contributed by atoms with Crippen LogP contribution in [0.15, 0.2) is 33.8 Å². The Morgan fingerprint density at radius 3 is 2.95 bits per heavy atom. The minimum atomic E-state index is 0.196. The smallest absolute Gasteiger partial charge is 0.252 e. The summed E-state index contributed by atoms with van der Waals surface area (Å²) in [5, 5.41) is 13.0. The van der Waals surface area contributed by atoms with E-state index in [1.165, 1.54) is 0 Å². The number of anilines is 1. The van der Waals surface area contributed by atoms with E-state index in [-0.39, 0.29) is 11.6 Å². The Balaban J connectivity index is 2.13. The summed E-state index contributed by atoms with van der Waals surface area (Å²) in [6.45, 7) is 4.41. The standard InChI is InChI=1S/C15H16N4O2/c1-3-14-18-12(9-16)15(21-14)19-17-10-11-7-5-6-8-13(11)20-4-2/h5-8,10,19H,3-4H2,1-2H3/b17-10+. The highest BCUT2D eigenvalue weighted by Gasteiger charge is 2.10. The highest BCUT2D eigenvalue weighted by Crippen LogP contribution is 2.18. The van der Waals surface area contributed by atoms with E-state index in [1.54, 1.807) is 6.21 Å². The first-order valence-corrected chi connectivity index (χ1v) is 6.69. The van der Waals surface area contributed by atoms with E-state index in [1.807, 2.05) is 44.2 Å². The number of aryl methyl sites for hydroxylation is 1. The average molecular weight is 284 g/mol. The van der Waals surface area contributed by atoms with Gasteiger partial charge in [0.25, 0.3) is 5.88 Å². The second kappa shape index (κ2) is 7.10. The monoisotopic (exact) mass is 284 g/mol. The number of nitrogens with one attached hydrogen (secondary N) is 1. The highest BCUT2D eigenvalue weighted by atomic mass is 16.5. The normalized spacial score (nSPS) is 10.5. The second-order valence-electron chi connectivity index (χ2n) is 4.09. The van der Waals surface area contributed by atoms with Gasteiger partial charge in [-0.3, -0.25) is 0 Å². The van der Waals surface area contributed by atoms with Gasteiger partial charge in [0, 0.05) is 12.0 Å². The molecule has 6 nitrogen and oxygen atoms in total. The molecule has 1 N–H and O–H groups in total. The van der Waals surface area contributed by atoms with Crippen molar-refractivity contribution in [3.8, 4) is 11.8 Å². The number of hydrogen-bond donors (Lipinski definition) is 1. The van der Waals surface area contributed by atoms with Crippen LogP contribution < -0.4 is 10.2 Å². The fourth-order valence-corrected chi connectivity index (χ4v) is 1.70. The highest BCUT2D eigenvalue weighted by molar-refractivity contribution is 5.83. The van der Waals surface area contributed by atoms with Crippen LogP contribution in [-0.4, -0.2) is 17.8 Å². The minimum absolute atomic E-state index is 0.196. The van der Waals surface area contributed by atoms with Crippen LogP contribution in [0.25, 0.3) is 0 Å². The lowest BCUT2D eigenvalue weighted by Crippen LogP contribution is -1.97. The number of nitriles is 1. The average Bonchev–Trinajstić information content (AvgIpc) is 2.92. The van der Waals surface area contributed by atoms with E-state index in [0.29, 0.717) is 18.9 Å². The number of nitrogens with zero attached hydrogens (tertiary/aromatic N) is 3. The fraction of sp³-hybridized carbons (Fsp3) is 0.267. The van der Waals surface area contributed by atoms with Crippen LogP contribution in [0.3, 0.4) is 0 Å². The number of hydrogen-bond acceptors (Lipinski definition) is 6. The first kappa shape index (κ1) is 14.6. The first-order chi connectivity index (χ1) is 10.3. The third kappa shape index (κ3) is 3.60. The quantitative estimate of drug-likeness (QED) is 0.651. The zero-order chi connectivity index (χ0) is 15.1. The summed E-state index contributed by atoms with van der Waals surface area (Å²) in [5.74, 6) is 1.50.